The number of halogens is 2. The van der Waals surface area contributed by atoms with E-state index in [0.717, 1.165) is 38.9 Å². The fourth-order valence-corrected chi connectivity index (χ4v) is 2.24. The van der Waals surface area contributed by atoms with Crippen LogP contribution in [0.15, 0.2) is 0 Å². The molecular weight excluding hydrogens is 273 g/mol. The molecule has 4 nitrogen and oxygen atoms in total. The van der Waals surface area contributed by atoms with E-state index >= 15 is 0 Å². The normalized spacial score (nSPS) is 18.4. The average Bonchev–Trinajstić information content (AvgIpc) is 2.36. The highest BCUT2D eigenvalue weighted by molar-refractivity contribution is 5.85. The van der Waals surface area contributed by atoms with Crippen LogP contribution in [0.2, 0.25) is 0 Å². The van der Waals surface area contributed by atoms with E-state index in [-0.39, 0.29) is 36.8 Å². The SMILES string of the molecule is CC[C@H](N)C(=O)N(C)C1CCN(CC)CC1.Cl.Cl. The van der Waals surface area contributed by atoms with Crippen molar-refractivity contribution >= 4 is 30.7 Å². The number of amides is 1. The summed E-state index contributed by atoms with van der Waals surface area (Å²) in [4.78, 5) is 16.2. The van der Waals surface area contributed by atoms with Crippen molar-refractivity contribution in [3.63, 3.8) is 0 Å². The molecule has 1 fully saturated rings. The van der Waals surface area contributed by atoms with Crippen molar-refractivity contribution in [1.82, 2.24) is 9.80 Å². The van der Waals surface area contributed by atoms with Crippen molar-refractivity contribution in [2.75, 3.05) is 26.7 Å². The minimum Gasteiger partial charge on any atom is -0.341 e. The fourth-order valence-electron chi connectivity index (χ4n) is 2.24. The second kappa shape index (κ2) is 9.84. The molecule has 0 spiro atoms. The number of nitrogens with zero attached hydrogens (tertiary/aromatic N) is 2. The Morgan fingerprint density at radius 2 is 1.83 bits per heavy atom. The van der Waals surface area contributed by atoms with Crippen LogP contribution in [0.5, 0.6) is 0 Å². The second-order valence-corrected chi connectivity index (χ2v) is 4.63. The van der Waals surface area contributed by atoms with Gasteiger partial charge in [-0.2, -0.15) is 0 Å². The number of carbonyl (C=O) groups is 1. The lowest BCUT2D eigenvalue weighted by Crippen LogP contribution is -2.50. The number of piperidine rings is 1. The summed E-state index contributed by atoms with van der Waals surface area (Å²) in [6.07, 6.45) is 2.87. The van der Waals surface area contributed by atoms with E-state index < -0.39 is 0 Å². The Morgan fingerprint density at radius 1 is 1.33 bits per heavy atom. The molecule has 0 aliphatic carbocycles. The van der Waals surface area contributed by atoms with E-state index in [0.29, 0.717) is 6.04 Å². The molecule has 0 aromatic rings. The van der Waals surface area contributed by atoms with Gasteiger partial charge in [-0.3, -0.25) is 4.79 Å². The lowest BCUT2D eigenvalue weighted by atomic mass is 10.0. The van der Waals surface area contributed by atoms with Crippen molar-refractivity contribution in [2.45, 2.75) is 45.2 Å². The summed E-state index contributed by atoms with van der Waals surface area (Å²) in [5, 5.41) is 0. The van der Waals surface area contributed by atoms with E-state index in [1.54, 1.807) is 0 Å². The largest absolute Gasteiger partial charge is 0.341 e. The molecule has 110 valence electrons. The molecule has 6 heteroatoms. The van der Waals surface area contributed by atoms with Crippen LogP contribution in [0.3, 0.4) is 0 Å². The maximum absolute atomic E-state index is 11.9. The van der Waals surface area contributed by atoms with E-state index in [1.165, 1.54) is 0 Å². The van der Waals surface area contributed by atoms with Gasteiger partial charge < -0.3 is 15.5 Å². The first-order valence-electron chi connectivity index (χ1n) is 6.34. The van der Waals surface area contributed by atoms with Gasteiger partial charge in [-0.25, -0.2) is 0 Å². The van der Waals surface area contributed by atoms with Gasteiger partial charge in [0.05, 0.1) is 6.04 Å². The number of carbonyl (C=O) groups excluding carboxylic acids is 1. The first-order valence-corrected chi connectivity index (χ1v) is 6.34. The molecule has 0 aromatic carbocycles. The van der Waals surface area contributed by atoms with Gasteiger partial charge in [0.2, 0.25) is 5.91 Å². The Balaban J connectivity index is 0. The predicted octanol–water partition coefficient (Wildman–Crippen LogP) is 1.51. The maximum Gasteiger partial charge on any atom is 0.239 e. The molecule has 1 heterocycles. The number of hydrogen-bond donors (Lipinski definition) is 1. The first kappa shape index (κ1) is 20.3. The quantitative estimate of drug-likeness (QED) is 0.856. The van der Waals surface area contributed by atoms with Crippen molar-refractivity contribution in [2.24, 2.45) is 5.73 Å². The van der Waals surface area contributed by atoms with Gasteiger partial charge in [0.1, 0.15) is 0 Å². The standard InChI is InChI=1S/C12H25N3O.2ClH/c1-4-11(13)12(16)14(3)10-6-8-15(5-2)9-7-10;;/h10-11H,4-9,13H2,1-3H3;2*1H/t11-;;/m0../s1. The molecule has 1 aliphatic heterocycles. The van der Waals surface area contributed by atoms with Gasteiger partial charge in [0, 0.05) is 26.2 Å². The van der Waals surface area contributed by atoms with Crippen molar-refractivity contribution < 1.29 is 4.79 Å². The molecule has 0 saturated carbocycles. The van der Waals surface area contributed by atoms with Crippen LogP contribution in [-0.4, -0.2) is 54.5 Å². The first-order chi connectivity index (χ1) is 7.60. The number of hydrogen-bond acceptors (Lipinski definition) is 3. The highest BCUT2D eigenvalue weighted by Gasteiger charge is 2.26. The molecule has 1 rings (SSSR count). The Morgan fingerprint density at radius 3 is 2.22 bits per heavy atom. The Kier molecular flexibility index (Phi) is 11.1. The van der Waals surface area contributed by atoms with Crippen LogP contribution in [0, 0.1) is 0 Å². The van der Waals surface area contributed by atoms with Crippen LogP contribution in [0.4, 0.5) is 0 Å². The van der Waals surface area contributed by atoms with E-state index in [4.69, 9.17) is 5.73 Å². The molecule has 0 unspecified atom stereocenters. The predicted molar refractivity (Wildman–Crippen MR) is 80.7 cm³/mol. The highest BCUT2D eigenvalue weighted by Crippen LogP contribution is 2.15. The summed E-state index contributed by atoms with van der Waals surface area (Å²) < 4.78 is 0. The van der Waals surface area contributed by atoms with Crippen LogP contribution < -0.4 is 5.73 Å². The average molecular weight is 300 g/mol. The molecular formula is C12H27Cl2N3O. The third-order valence-corrected chi connectivity index (χ3v) is 3.66. The van der Waals surface area contributed by atoms with Crippen LogP contribution >= 0.6 is 24.8 Å². The van der Waals surface area contributed by atoms with Gasteiger partial charge in [0.25, 0.3) is 0 Å². The Bertz CT molecular complexity index is 233. The number of likely N-dealkylation sites (N-methyl/N-ethyl adjacent to an activating group) is 1. The van der Waals surface area contributed by atoms with Gasteiger partial charge in [-0.05, 0) is 25.8 Å². The van der Waals surface area contributed by atoms with Gasteiger partial charge in [-0.1, -0.05) is 13.8 Å². The number of likely N-dealkylation sites (tertiary alicyclic amines) is 1. The van der Waals surface area contributed by atoms with E-state index in [2.05, 4.69) is 11.8 Å². The summed E-state index contributed by atoms with van der Waals surface area (Å²) >= 11 is 0. The molecule has 1 aliphatic rings. The fraction of sp³-hybridized carbons (Fsp3) is 0.917. The van der Waals surface area contributed by atoms with Crippen molar-refractivity contribution in [1.29, 1.82) is 0 Å². The zero-order valence-electron chi connectivity index (χ0n) is 11.6. The summed E-state index contributed by atoms with van der Waals surface area (Å²) in [5.74, 6) is 0.0949. The van der Waals surface area contributed by atoms with Crippen molar-refractivity contribution in [3.05, 3.63) is 0 Å². The molecule has 18 heavy (non-hydrogen) atoms. The summed E-state index contributed by atoms with van der Waals surface area (Å²) in [7, 11) is 1.89. The van der Waals surface area contributed by atoms with Crippen molar-refractivity contribution in [3.8, 4) is 0 Å². The van der Waals surface area contributed by atoms with E-state index in [1.807, 2.05) is 18.9 Å². The van der Waals surface area contributed by atoms with Gasteiger partial charge in [-0.15, -0.1) is 24.8 Å². The summed E-state index contributed by atoms with van der Waals surface area (Å²) in [6, 6.07) is 0.0575. The monoisotopic (exact) mass is 299 g/mol. The second-order valence-electron chi connectivity index (χ2n) is 4.63. The molecule has 1 amide bonds. The molecule has 1 atom stereocenters. The lowest BCUT2D eigenvalue weighted by molar-refractivity contribution is -0.134. The third-order valence-electron chi connectivity index (χ3n) is 3.66. The Hall–Kier alpha value is -0.0300. The van der Waals surface area contributed by atoms with Gasteiger partial charge >= 0.3 is 0 Å². The summed E-state index contributed by atoms with van der Waals surface area (Å²) in [6.45, 7) is 7.44. The van der Waals surface area contributed by atoms with Crippen LogP contribution in [-0.2, 0) is 4.79 Å². The topological polar surface area (TPSA) is 49.6 Å². The molecule has 0 bridgehead atoms. The minimum absolute atomic E-state index is 0. The van der Waals surface area contributed by atoms with Crippen LogP contribution in [0.25, 0.3) is 0 Å². The number of rotatable bonds is 4. The van der Waals surface area contributed by atoms with Gasteiger partial charge in [0.15, 0.2) is 0 Å². The number of nitrogens with two attached hydrogens (primary N) is 1. The lowest BCUT2D eigenvalue weighted by Gasteiger charge is -2.37. The smallest absolute Gasteiger partial charge is 0.239 e. The minimum atomic E-state index is -0.325. The molecule has 2 N–H and O–H groups in total. The maximum atomic E-state index is 11.9. The molecule has 0 aromatic heterocycles. The molecule has 0 radical (unpaired) electrons. The highest BCUT2D eigenvalue weighted by atomic mass is 35.5. The zero-order chi connectivity index (χ0) is 12.1. The summed E-state index contributed by atoms with van der Waals surface area (Å²) in [5.41, 5.74) is 5.78. The van der Waals surface area contributed by atoms with E-state index in [9.17, 15) is 4.79 Å². The van der Waals surface area contributed by atoms with Crippen LogP contribution in [0.1, 0.15) is 33.1 Å². The zero-order valence-corrected chi connectivity index (χ0v) is 13.2. The molecule has 1 saturated heterocycles. The Labute approximate surface area is 123 Å². The third kappa shape index (κ3) is 5.31.